The van der Waals surface area contributed by atoms with Crippen molar-refractivity contribution in [3.8, 4) is 17.4 Å². The summed E-state index contributed by atoms with van der Waals surface area (Å²) in [5, 5.41) is 2.88. The number of nitrogens with one attached hydrogen (secondary N) is 1. The molecule has 0 saturated carbocycles. The van der Waals surface area contributed by atoms with Crippen LogP contribution < -0.4 is 19.7 Å². The lowest BCUT2D eigenvalue weighted by Gasteiger charge is -2.33. The first kappa shape index (κ1) is 21.2. The summed E-state index contributed by atoms with van der Waals surface area (Å²) < 4.78 is 11.5. The molecule has 1 N–H and O–H groups in total. The van der Waals surface area contributed by atoms with Crippen molar-refractivity contribution in [3.63, 3.8) is 0 Å². The van der Waals surface area contributed by atoms with Gasteiger partial charge in [0.05, 0.1) is 24.9 Å². The fraction of sp³-hybridized carbons (Fsp3) is 0.522. The number of amides is 2. The molecule has 1 fully saturated rings. The van der Waals surface area contributed by atoms with Gasteiger partial charge in [-0.05, 0) is 49.9 Å². The van der Waals surface area contributed by atoms with Crippen molar-refractivity contribution in [1.82, 2.24) is 20.2 Å². The fourth-order valence-corrected chi connectivity index (χ4v) is 4.00. The number of fused-ring (bicyclic) bond motifs is 1. The first-order chi connectivity index (χ1) is 15.1. The van der Waals surface area contributed by atoms with Crippen LogP contribution in [0.25, 0.3) is 0 Å². The molecular weight excluding hydrogens is 394 g/mol. The van der Waals surface area contributed by atoms with Gasteiger partial charge in [0, 0.05) is 32.6 Å². The van der Waals surface area contributed by atoms with Crippen LogP contribution in [-0.4, -0.2) is 54.2 Å². The third kappa shape index (κ3) is 4.84. The van der Waals surface area contributed by atoms with Crippen LogP contribution in [0.3, 0.4) is 0 Å². The molecule has 4 rings (SSSR count). The Morgan fingerprint density at radius 2 is 1.84 bits per heavy atom. The summed E-state index contributed by atoms with van der Waals surface area (Å²) in [5.41, 5.74) is 1.84. The molecule has 2 amide bonds. The highest BCUT2D eigenvalue weighted by molar-refractivity contribution is 5.74. The number of carbonyl (C=O) groups excluding carboxylic acids is 1. The van der Waals surface area contributed by atoms with E-state index in [1.54, 1.807) is 12.0 Å². The summed E-state index contributed by atoms with van der Waals surface area (Å²) in [6.07, 6.45) is 2.96. The molecule has 2 aromatic rings. The zero-order chi connectivity index (χ0) is 21.8. The lowest BCUT2D eigenvalue weighted by Crippen LogP contribution is -2.43. The number of aromatic nitrogens is 2. The average molecular weight is 426 g/mol. The number of benzene rings is 1. The molecule has 0 unspecified atom stereocenters. The monoisotopic (exact) mass is 425 g/mol. The summed E-state index contributed by atoms with van der Waals surface area (Å²) in [4.78, 5) is 26.1. The lowest BCUT2D eigenvalue weighted by atomic mass is 9.99. The predicted molar refractivity (Wildman–Crippen MR) is 119 cm³/mol. The maximum absolute atomic E-state index is 12.4. The highest BCUT2D eigenvalue weighted by Gasteiger charge is 2.28. The zero-order valence-electron chi connectivity index (χ0n) is 18.6. The molecular formula is C23H31N5O3. The van der Waals surface area contributed by atoms with Crippen molar-refractivity contribution in [2.75, 3.05) is 38.2 Å². The number of hydrogen-bond acceptors (Lipinski definition) is 6. The Labute approximate surface area is 183 Å². The fourth-order valence-electron chi connectivity index (χ4n) is 4.00. The molecule has 1 aromatic heterocycles. The van der Waals surface area contributed by atoms with Crippen LogP contribution in [0, 0.1) is 5.92 Å². The van der Waals surface area contributed by atoms with Gasteiger partial charge in [-0.15, -0.1) is 0 Å². The van der Waals surface area contributed by atoms with Gasteiger partial charge in [-0.3, -0.25) is 0 Å². The minimum Gasteiger partial charge on any atom is -0.497 e. The maximum Gasteiger partial charge on any atom is 0.317 e. The van der Waals surface area contributed by atoms with Gasteiger partial charge in [-0.25, -0.2) is 9.78 Å². The summed E-state index contributed by atoms with van der Waals surface area (Å²) in [5.74, 6) is 3.42. The molecule has 0 bridgehead atoms. The molecule has 166 valence electrons. The van der Waals surface area contributed by atoms with Gasteiger partial charge >= 0.3 is 6.03 Å². The number of ether oxygens (including phenoxy) is 2. The summed E-state index contributed by atoms with van der Waals surface area (Å²) in [6, 6.07) is 7.37. The van der Waals surface area contributed by atoms with Crippen molar-refractivity contribution in [2.45, 2.75) is 39.7 Å². The van der Waals surface area contributed by atoms with E-state index >= 15 is 0 Å². The average Bonchev–Trinajstić information content (AvgIpc) is 2.80. The molecule has 0 aliphatic carbocycles. The van der Waals surface area contributed by atoms with E-state index in [2.05, 4.69) is 17.1 Å². The predicted octanol–water partition coefficient (Wildman–Crippen LogP) is 3.60. The molecule has 2 aliphatic rings. The number of piperidine rings is 1. The Bertz CT molecular complexity index is 910. The zero-order valence-corrected chi connectivity index (χ0v) is 18.6. The van der Waals surface area contributed by atoms with E-state index in [0.717, 1.165) is 54.8 Å². The second kappa shape index (κ2) is 9.41. The van der Waals surface area contributed by atoms with Crippen LogP contribution in [0.5, 0.6) is 17.4 Å². The van der Waals surface area contributed by atoms with E-state index in [1.165, 1.54) is 0 Å². The Hall–Kier alpha value is -3.03. The molecule has 0 spiro atoms. The minimum absolute atomic E-state index is 0.0716. The third-order valence-electron chi connectivity index (χ3n) is 5.97. The van der Waals surface area contributed by atoms with Gasteiger partial charge in [0.25, 0.3) is 0 Å². The summed E-state index contributed by atoms with van der Waals surface area (Å²) >= 11 is 0. The van der Waals surface area contributed by atoms with Crippen LogP contribution in [0.4, 0.5) is 10.7 Å². The standard InChI is InChI=1S/C23H31N5O3/c1-4-24-23(29)28-14-11-20-19(15-28)21(31-18-7-5-17(30-3)6-8-18)26-22(25-20)27-12-9-16(2)10-13-27/h5-8,16H,4,9-15H2,1-3H3,(H,24,29). The number of urea groups is 1. The number of anilines is 1. The van der Waals surface area contributed by atoms with E-state index in [1.807, 2.05) is 31.2 Å². The first-order valence-electron chi connectivity index (χ1n) is 11.1. The Morgan fingerprint density at radius 1 is 1.13 bits per heavy atom. The minimum atomic E-state index is -0.0716. The first-order valence-corrected chi connectivity index (χ1v) is 11.1. The Kier molecular flexibility index (Phi) is 6.44. The molecule has 0 radical (unpaired) electrons. The molecule has 8 heteroatoms. The normalized spacial score (nSPS) is 16.6. The highest BCUT2D eigenvalue weighted by Crippen LogP contribution is 2.33. The quantitative estimate of drug-likeness (QED) is 0.789. The van der Waals surface area contributed by atoms with E-state index in [9.17, 15) is 4.79 Å². The van der Waals surface area contributed by atoms with Crippen LogP contribution >= 0.6 is 0 Å². The smallest absolute Gasteiger partial charge is 0.317 e. The highest BCUT2D eigenvalue weighted by atomic mass is 16.5. The van der Waals surface area contributed by atoms with Crippen LogP contribution in [0.2, 0.25) is 0 Å². The molecule has 3 heterocycles. The molecule has 8 nitrogen and oxygen atoms in total. The number of methoxy groups -OCH3 is 1. The number of rotatable bonds is 5. The van der Waals surface area contributed by atoms with Gasteiger partial charge in [-0.2, -0.15) is 4.98 Å². The Morgan fingerprint density at radius 3 is 2.52 bits per heavy atom. The second-order valence-corrected chi connectivity index (χ2v) is 8.21. The topological polar surface area (TPSA) is 79.8 Å². The Balaban J connectivity index is 1.65. The van der Waals surface area contributed by atoms with Crippen molar-refractivity contribution in [1.29, 1.82) is 0 Å². The van der Waals surface area contributed by atoms with E-state index in [0.29, 0.717) is 37.7 Å². The van der Waals surface area contributed by atoms with Gasteiger partial charge in [0.1, 0.15) is 11.5 Å². The van der Waals surface area contributed by atoms with Crippen LogP contribution in [0.1, 0.15) is 37.9 Å². The SMILES string of the molecule is CCNC(=O)N1CCc2nc(N3CCC(C)CC3)nc(Oc3ccc(OC)cc3)c2C1. The summed E-state index contributed by atoms with van der Waals surface area (Å²) in [7, 11) is 1.64. The largest absolute Gasteiger partial charge is 0.497 e. The molecule has 2 aliphatic heterocycles. The number of hydrogen-bond donors (Lipinski definition) is 1. The number of carbonyl (C=O) groups is 1. The summed E-state index contributed by atoms with van der Waals surface area (Å²) in [6.45, 7) is 7.78. The van der Waals surface area contributed by atoms with Gasteiger partial charge in [0.2, 0.25) is 11.8 Å². The van der Waals surface area contributed by atoms with Crippen molar-refractivity contribution < 1.29 is 14.3 Å². The maximum atomic E-state index is 12.4. The van der Waals surface area contributed by atoms with Crippen molar-refractivity contribution in [2.24, 2.45) is 5.92 Å². The van der Waals surface area contributed by atoms with E-state index in [-0.39, 0.29) is 6.03 Å². The lowest BCUT2D eigenvalue weighted by molar-refractivity contribution is 0.191. The molecule has 1 aromatic carbocycles. The second-order valence-electron chi connectivity index (χ2n) is 8.21. The van der Waals surface area contributed by atoms with Gasteiger partial charge in [0.15, 0.2) is 0 Å². The van der Waals surface area contributed by atoms with Crippen LogP contribution in [-0.2, 0) is 13.0 Å². The molecule has 0 atom stereocenters. The van der Waals surface area contributed by atoms with Crippen molar-refractivity contribution >= 4 is 12.0 Å². The van der Waals surface area contributed by atoms with Gasteiger partial charge < -0.3 is 24.6 Å². The third-order valence-corrected chi connectivity index (χ3v) is 5.97. The van der Waals surface area contributed by atoms with E-state index < -0.39 is 0 Å². The van der Waals surface area contributed by atoms with Crippen LogP contribution in [0.15, 0.2) is 24.3 Å². The van der Waals surface area contributed by atoms with Gasteiger partial charge in [-0.1, -0.05) is 6.92 Å². The van der Waals surface area contributed by atoms with Crippen molar-refractivity contribution in [3.05, 3.63) is 35.5 Å². The number of nitrogens with zero attached hydrogens (tertiary/aromatic N) is 4. The molecule has 31 heavy (non-hydrogen) atoms. The molecule has 1 saturated heterocycles. The van der Waals surface area contributed by atoms with E-state index in [4.69, 9.17) is 19.4 Å².